The Bertz CT molecular complexity index is 427. The fourth-order valence-corrected chi connectivity index (χ4v) is 2.19. The fourth-order valence-electron chi connectivity index (χ4n) is 1.34. The molecule has 0 saturated heterocycles. The largest absolute Gasteiger partial charge is 0.465 e. The molecule has 0 bridgehead atoms. The van der Waals surface area contributed by atoms with E-state index in [0.717, 1.165) is 11.3 Å². The molecule has 2 atom stereocenters. The van der Waals surface area contributed by atoms with Gasteiger partial charge in [0.05, 0.1) is 13.7 Å². The Balaban J connectivity index is 2.90. The van der Waals surface area contributed by atoms with Crippen LogP contribution in [0.25, 0.3) is 0 Å². The third kappa shape index (κ3) is 3.06. The van der Waals surface area contributed by atoms with Crippen LogP contribution >= 0.6 is 11.3 Å². The van der Waals surface area contributed by atoms with Crippen LogP contribution in [0.4, 0.5) is 0 Å². The van der Waals surface area contributed by atoms with Crippen LogP contribution in [0.15, 0.2) is 11.4 Å². The summed E-state index contributed by atoms with van der Waals surface area (Å²) in [7, 11) is 1.21. The highest BCUT2D eigenvalue weighted by Crippen LogP contribution is 2.27. The van der Waals surface area contributed by atoms with Crippen LogP contribution in [-0.2, 0) is 14.3 Å². The molecule has 0 amide bonds. The Morgan fingerprint density at radius 2 is 2.11 bits per heavy atom. The molecule has 1 rings (SSSR count). The van der Waals surface area contributed by atoms with Gasteiger partial charge in [-0.05, 0) is 18.4 Å². The van der Waals surface area contributed by atoms with Gasteiger partial charge in [0, 0.05) is 5.56 Å². The smallest absolute Gasteiger partial charge is 0.348 e. The number of hydrogen-bond acceptors (Lipinski definition) is 7. The molecule has 1 heterocycles. The van der Waals surface area contributed by atoms with Gasteiger partial charge in [-0.1, -0.05) is 0 Å². The molecule has 0 spiro atoms. The third-order valence-corrected chi connectivity index (χ3v) is 3.12. The second-order valence-corrected chi connectivity index (χ2v) is 4.25. The van der Waals surface area contributed by atoms with Gasteiger partial charge in [-0.15, -0.1) is 11.3 Å². The van der Waals surface area contributed by atoms with Gasteiger partial charge in [0.25, 0.3) is 0 Å². The summed E-state index contributed by atoms with van der Waals surface area (Å²) in [4.78, 5) is 22.8. The van der Waals surface area contributed by atoms with E-state index in [2.05, 4.69) is 9.47 Å². The normalized spacial score (nSPS) is 13.8. The molecular weight excluding hydrogens is 260 g/mol. The van der Waals surface area contributed by atoms with Crippen molar-refractivity contribution in [3.63, 3.8) is 0 Å². The van der Waals surface area contributed by atoms with Crippen molar-refractivity contribution in [3.05, 3.63) is 21.9 Å². The molecule has 0 aliphatic rings. The second-order valence-electron chi connectivity index (χ2n) is 3.34. The first-order valence-corrected chi connectivity index (χ1v) is 6.09. The maximum absolute atomic E-state index is 11.4. The van der Waals surface area contributed by atoms with Crippen molar-refractivity contribution in [2.75, 3.05) is 13.7 Å². The lowest BCUT2D eigenvalue weighted by molar-refractivity contribution is -0.159. The summed E-state index contributed by atoms with van der Waals surface area (Å²) in [6.07, 6.45) is -3.26. The molecule has 0 radical (unpaired) electrons. The molecule has 7 heteroatoms. The van der Waals surface area contributed by atoms with E-state index < -0.39 is 24.1 Å². The van der Waals surface area contributed by atoms with Crippen molar-refractivity contribution in [1.29, 1.82) is 0 Å². The highest BCUT2D eigenvalue weighted by Gasteiger charge is 2.30. The quantitative estimate of drug-likeness (QED) is 0.759. The third-order valence-electron chi connectivity index (χ3n) is 2.21. The van der Waals surface area contributed by atoms with Gasteiger partial charge in [-0.25, -0.2) is 9.59 Å². The Kier molecular flexibility index (Phi) is 5.26. The summed E-state index contributed by atoms with van der Waals surface area (Å²) in [5.41, 5.74) is 0.146. The predicted octanol–water partition coefficient (Wildman–Crippen LogP) is 0.492. The number of carbonyl (C=O) groups excluding carboxylic acids is 2. The topological polar surface area (TPSA) is 93.1 Å². The van der Waals surface area contributed by atoms with Crippen LogP contribution in [-0.4, -0.2) is 42.0 Å². The van der Waals surface area contributed by atoms with E-state index in [-0.39, 0.29) is 17.0 Å². The second kappa shape index (κ2) is 6.48. The summed E-state index contributed by atoms with van der Waals surface area (Å²) in [5, 5.41) is 21.0. The molecule has 6 nitrogen and oxygen atoms in total. The van der Waals surface area contributed by atoms with E-state index in [1.54, 1.807) is 12.3 Å². The van der Waals surface area contributed by atoms with E-state index >= 15 is 0 Å². The number of hydrogen-bond donors (Lipinski definition) is 2. The first kappa shape index (κ1) is 14.6. The van der Waals surface area contributed by atoms with Gasteiger partial charge in [0.2, 0.25) is 0 Å². The van der Waals surface area contributed by atoms with Crippen LogP contribution in [0.5, 0.6) is 0 Å². The molecule has 1 aromatic heterocycles. The zero-order valence-corrected chi connectivity index (χ0v) is 10.8. The number of aliphatic hydroxyl groups excluding tert-OH is 2. The number of methoxy groups -OCH3 is 1. The van der Waals surface area contributed by atoms with Gasteiger partial charge in [0.1, 0.15) is 11.0 Å². The number of esters is 2. The average molecular weight is 274 g/mol. The minimum atomic E-state index is -1.73. The molecule has 100 valence electrons. The van der Waals surface area contributed by atoms with Gasteiger partial charge in [-0.2, -0.15) is 0 Å². The van der Waals surface area contributed by atoms with Crippen molar-refractivity contribution in [2.45, 2.75) is 19.1 Å². The fraction of sp³-hybridized carbons (Fsp3) is 0.455. The van der Waals surface area contributed by atoms with Crippen LogP contribution in [0.3, 0.4) is 0 Å². The minimum Gasteiger partial charge on any atom is -0.465 e. The Hall–Kier alpha value is -1.44. The van der Waals surface area contributed by atoms with E-state index in [1.165, 1.54) is 13.2 Å². The highest BCUT2D eigenvalue weighted by molar-refractivity contribution is 7.12. The molecule has 0 aliphatic heterocycles. The van der Waals surface area contributed by atoms with E-state index in [4.69, 9.17) is 0 Å². The minimum absolute atomic E-state index is 0.0934. The number of aliphatic hydroxyl groups is 2. The summed E-state index contributed by atoms with van der Waals surface area (Å²) in [6.45, 7) is 1.68. The lowest BCUT2D eigenvalue weighted by atomic mass is 10.1. The molecule has 0 aromatic carbocycles. The lowest BCUT2D eigenvalue weighted by Crippen LogP contribution is -2.30. The monoisotopic (exact) mass is 274 g/mol. The molecule has 0 aliphatic carbocycles. The molecule has 0 saturated carbocycles. The number of carbonyl (C=O) groups is 2. The van der Waals surface area contributed by atoms with Crippen molar-refractivity contribution < 1.29 is 29.3 Å². The summed E-state index contributed by atoms with van der Waals surface area (Å²) in [6, 6.07) is 1.45. The Morgan fingerprint density at radius 3 is 2.67 bits per heavy atom. The zero-order chi connectivity index (χ0) is 13.7. The standard InChI is InChI=1S/C11H14O6S/c1-3-17-10(14)8(13)7(12)6-4-5-18-9(6)11(15)16-2/h4-5,7-8,12-13H,3H2,1-2H3. The van der Waals surface area contributed by atoms with Gasteiger partial charge < -0.3 is 19.7 Å². The Morgan fingerprint density at radius 1 is 1.44 bits per heavy atom. The van der Waals surface area contributed by atoms with Crippen LogP contribution < -0.4 is 0 Å². The predicted molar refractivity (Wildman–Crippen MR) is 63.3 cm³/mol. The number of ether oxygens (including phenoxy) is 2. The molecule has 1 aromatic rings. The molecule has 2 unspecified atom stereocenters. The van der Waals surface area contributed by atoms with Gasteiger partial charge in [0.15, 0.2) is 6.10 Å². The van der Waals surface area contributed by atoms with Crippen LogP contribution in [0.2, 0.25) is 0 Å². The van der Waals surface area contributed by atoms with Crippen LogP contribution in [0, 0.1) is 0 Å². The first-order valence-electron chi connectivity index (χ1n) is 5.21. The maximum Gasteiger partial charge on any atom is 0.348 e. The maximum atomic E-state index is 11.4. The highest BCUT2D eigenvalue weighted by atomic mass is 32.1. The van der Waals surface area contributed by atoms with Crippen molar-refractivity contribution in [2.24, 2.45) is 0 Å². The van der Waals surface area contributed by atoms with Crippen molar-refractivity contribution >= 4 is 23.3 Å². The molecule has 2 N–H and O–H groups in total. The van der Waals surface area contributed by atoms with Crippen molar-refractivity contribution in [3.8, 4) is 0 Å². The molecular formula is C11H14O6S. The number of thiophene rings is 1. The lowest BCUT2D eigenvalue weighted by Gasteiger charge is -2.16. The van der Waals surface area contributed by atoms with E-state index in [0.29, 0.717) is 0 Å². The van der Waals surface area contributed by atoms with E-state index in [9.17, 15) is 19.8 Å². The van der Waals surface area contributed by atoms with Gasteiger partial charge in [-0.3, -0.25) is 0 Å². The zero-order valence-electron chi connectivity index (χ0n) is 9.95. The van der Waals surface area contributed by atoms with E-state index in [1.807, 2.05) is 0 Å². The van der Waals surface area contributed by atoms with Crippen LogP contribution in [0.1, 0.15) is 28.3 Å². The summed E-state index contributed by atoms with van der Waals surface area (Å²) >= 11 is 1.06. The molecule has 0 fully saturated rings. The molecule has 18 heavy (non-hydrogen) atoms. The first-order chi connectivity index (χ1) is 8.52. The number of rotatable bonds is 5. The SMILES string of the molecule is CCOC(=O)C(O)C(O)c1ccsc1C(=O)OC. The summed E-state index contributed by atoms with van der Waals surface area (Å²) < 4.78 is 9.12. The van der Waals surface area contributed by atoms with Crippen molar-refractivity contribution in [1.82, 2.24) is 0 Å². The van der Waals surface area contributed by atoms with Gasteiger partial charge >= 0.3 is 11.9 Å². The average Bonchev–Trinajstić information content (AvgIpc) is 2.85. The Labute approximate surface area is 108 Å². The summed E-state index contributed by atoms with van der Waals surface area (Å²) in [5.74, 6) is -1.57.